The summed E-state index contributed by atoms with van der Waals surface area (Å²) in [6.45, 7) is 3.58. The molecule has 0 radical (unpaired) electrons. The molecule has 1 unspecified atom stereocenters. The lowest BCUT2D eigenvalue weighted by atomic mass is 9.72. The number of aromatic nitrogens is 2. The molecule has 2 saturated heterocycles. The van der Waals surface area contributed by atoms with Crippen molar-refractivity contribution in [1.82, 2.24) is 14.9 Å². The summed E-state index contributed by atoms with van der Waals surface area (Å²) < 4.78 is 5.36. The van der Waals surface area contributed by atoms with Gasteiger partial charge in [0, 0.05) is 37.9 Å². The normalized spacial score (nSPS) is 23.7. The minimum atomic E-state index is -0.841. The van der Waals surface area contributed by atoms with E-state index in [4.69, 9.17) is 4.74 Å². The maximum Gasteiger partial charge on any atom is 0.308 e. The van der Waals surface area contributed by atoms with Crippen LogP contribution in [0, 0.1) is 18.3 Å². The van der Waals surface area contributed by atoms with Crippen molar-refractivity contribution in [1.29, 1.82) is 0 Å². The van der Waals surface area contributed by atoms with Gasteiger partial charge in [0.2, 0.25) is 0 Å². The molecule has 0 bridgehead atoms. The molecule has 22 heavy (non-hydrogen) atoms. The summed E-state index contributed by atoms with van der Waals surface area (Å²) in [5.41, 5.74) is 0.624. The van der Waals surface area contributed by atoms with Crippen LogP contribution >= 0.6 is 0 Å². The van der Waals surface area contributed by atoms with E-state index in [0.29, 0.717) is 32.6 Å². The standard InChI is InChI=1S/C15H19N3O4/c1-10-6-17-12(7-16-10)13(19)18-8-11(14(20)21)15(9-18)2-4-22-5-3-15/h6-7,11H,2-5,8-9H2,1H3,(H,20,21). The number of aryl methyl sites for hydroxylation is 1. The van der Waals surface area contributed by atoms with Crippen molar-refractivity contribution in [3.05, 3.63) is 23.8 Å². The van der Waals surface area contributed by atoms with E-state index in [9.17, 15) is 14.7 Å². The summed E-state index contributed by atoms with van der Waals surface area (Å²) in [4.78, 5) is 34.0. The summed E-state index contributed by atoms with van der Waals surface area (Å²) in [6.07, 6.45) is 4.34. The second-order valence-corrected chi connectivity index (χ2v) is 6.09. The average molecular weight is 305 g/mol. The van der Waals surface area contributed by atoms with E-state index in [2.05, 4.69) is 9.97 Å². The molecular weight excluding hydrogens is 286 g/mol. The van der Waals surface area contributed by atoms with Gasteiger partial charge in [0.1, 0.15) is 5.69 Å². The van der Waals surface area contributed by atoms with Crippen LogP contribution < -0.4 is 0 Å². The Morgan fingerprint density at radius 2 is 2.05 bits per heavy atom. The number of amides is 1. The number of hydrogen-bond donors (Lipinski definition) is 1. The van der Waals surface area contributed by atoms with Crippen LogP contribution in [-0.4, -0.2) is 58.2 Å². The molecule has 7 nitrogen and oxygen atoms in total. The monoisotopic (exact) mass is 305 g/mol. The Morgan fingerprint density at radius 3 is 2.64 bits per heavy atom. The third kappa shape index (κ3) is 2.56. The maximum atomic E-state index is 12.6. The van der Waals surface area contributed by atoms with Crippen LogP contribution in [-0.2, 0) is 9.53 Å². The van der Waals surface area contributed by atoms with E-state index < -0.39 is 11.9 Å². The van der Waals surface area contributed by atoms with Crippen LogP contribution in [0.3, 0.4) is 0 Å². The molecule has 1 N–H and O–H groups in total. The largest absolute Gasteiger partial charge is 0.481 e. The van der Waals surface area contributed by atoms with Crippen LogP contribution in [0.2, 0.25) is 0 Å². The number of likely N-dealkylation sites (tertiary alicyclic amines) is 1. The number of nitrogens with zero attached hydrogens (tertiary/aromatic N) is 3. The molecule has 2 fully saturated rings. The van der Waals surface area contributed by atoms with Gasteiger partial charge < -0.3 is 14.7 Å². The molecule has 1 atom stereocenters. The molecule has 1 aromatic rings. The van der Waals surface area contributed by atoms with Crippen LogP contribution in [0.15, 0.2) is 12.4 Å². The fourth-order valence-electron chi connectivity index (χ4n) is 3.41. The van der Waals surface area contributed by atoms with Crippen molar-refractivity contribution < 1.29 is 19.4 Å². The SMILES string of the molecule is Cc1cnc(C(=O)N2CC(C(=O)O)C3(CCOCC3)C2)cn1. The fourth-order valence-corrected chi connectivity index (χ4v) is 3.41. The lowest BCUT2D eigenvalue weighted by Crippen LogP contribution is -2.40. The molecule has 3 heterocycles. The van der Waals surface area contributed by atoms with E-state index in [-0.39, 0.29) is 23.6 Å². The molecule has 3 rings (SSSR count). The average Bonchev–Trinajstić information content (AvgIpc) is 2.87. The van der Waals surface area contributed by atoms with Crippen LogP contribution in [0.1, 0.15) is 29.0 Å². The Hall–Kier alpha value is -2.02. The second kappa shape index (κ2) is 5.64. The highest BCUT2D eigenvalue weighted by molar-refractivity contribution is 5.92. The third-order valence-corrected chi connectivity index (χ3v) is 4.72. The summed E-state index contributed by atoms with van der Waals surface area (Å²) in [5.74, 6) is -1.63. The predicted molar refractivity (Wildman–Crippen MR) is 76.3 cm³/mol. The Morgan fingerprint density at radius 1 is 1.32 bits per heavy atom. The molecular formula is C15H19N3O4. The van der Waals surface area contributed by atoms with E-state index in [1.54, 1.807) is 18.0 Å². The zero-order chi connectivity index (χ0) is 15.7. The van der Waals surface area contributed by atoms with Gasteiger partial charge in [-0.25, -0.2) is 4.98 Å². The number of carbonyl (C=O) groups is 2. The van der Waals surface area contributed by atoms with E-state index >= 15 is 0 Å². The van der Waals surface area contributed by atoms with Crippen molar-refractivity contribution in [2.75, 3.05) is 26.3 Å². The summed E-state index contributed by atoms with van der Waals surface area (Å²) in [5, 5.41) is 9.53. The van der Waals surface area contributed by atoms with Crippen LogP contribution in [0.25, 0.3) is 0 Å². The fraction of sp³-hybridized carbons (Fsp3) is 0.600. The molecule has 2 aliphatic heterocycles. The van der Waals surface area contributed by atoms with Gasteiger partial charge in [-0.3, -0.25) is 14.6 Å². The van der Waals surface area contributed by atoms with Crippen molar-refractivity contribution in [2.24, 2.45) is 11.3 Å². The second-order valence-electron chi connectivity index (χ2n) is 6.09. The number of carboxylic acid groups (broad SMARTS) is 1. The molecule has 1 aromatic heterocycles. The first kappa shape index (κ1) is 14.9. The lowest BCUT2D eigenvalue weighted by molar-refractivity contribution is -0.146. The highest BCUT2D eigenvalue weighted by Crippen LogP contribution is 2.44. The van der Waals surface area contributed by atoms with Gasteiger partial charge in [-0.05, 0) is 19.8 Å². The quantitative estimate of drug-likeness (QED) is 0.866. The first-order valence-electron chi connectivity index (χ1n) is 7.40. The summed E-state index contributed by atoms with van der Waals surface area (Å²) >= 11 is 0. The molecule has 0 aliphatic carbocycles. The highest BCUT2D eigenvalue weighted by atomic mass is 16.5. The number of aliphatic carboxylic acids is 1. The van der Waals surface area contributed by atoms with Gasteiger partial charge in [-0.2, -0.15) is 0 Å². The molecule has 0 saturated carbocycles. The van der Waals surface area contributed by atoms with E-state index in [0.717, 1.165) is 5.69 Å². The van der Waals surface area contributed by atoms with Crippen molar-refractivity contribution in [3.63, 3.8) is 0 Å². The van der Waals surface area contributed by atoms with Crippen LogP contribution in [0.5, 0.6) is 0 Å². The zero-order valence-electron chi connectivity index (χ0n) is 12.5. The van der Waals surface area contributed by atoms with Gasteiger partial charge >= 0.3 is 5.97 Å². The van der Waals surface area contributed by atoms with E-state index in [1.165, 1.54) is 6.20 Å². The Bertz CT molecular complexity index is 581. The van der Waals surface area contributed by atoms with Crippen molar-refractivity contribution in [3.8, 4) is 0 Å². The smallest absolute Gasteiger partial charge is 0.308 e. The molecule has 118 valence electrons. The number of ether oxygens (including phenoxy) is 1. The first-order chi connectivity index (χ1) is 10.5. The van der Waals surface area contributed by atoms with Crippen LogP contribution in [0.4, 0.5) is 0 Å². The Kier molecular flexibility index (Phi) is 3.82. The maximum absolute atomic E-state index is 12.6. The minimum Gasteiger partial charge on any atom is -0.481 e. The lowest BCUT2D eigenvalue weighted by Gasteiger charge is -2.36. The Labute approximate surface area is 128 Å². The number of rotatable bonds is 2. The number of hydrogen-bond acceptors (Lipinski definition) is 5. The van der Waals surface area contributed by atoms with Gasteiger partial charge in [0.15, 0.2) is 0 Å². The van der Waals surface area contributed by atoms with E-state index in [1.807, 2.05) is 0 Å². The van der Waals surface area contributed by atoms with Gasteiger partial charge in [-0.15, -0.1) is 0 Å². The molecule has 0 aromatic carbocycles. The third-order valence-electron chi connectivity index (χ3n) is 4.72. The van der Waals surface area contributed by atoms with Gasteiger partial charge in [0.25, 0.3) is 5.91 Å². The van der Waals surface area contributed by atoms with Crippen molar-refractivity contribution in [2.45, 2.75) is 19.8 Å². The van der Waals surface area contributed by atoms with Crippen molar-refractivity contribution >= 4 is 11.9 Å². The molecule has 2 aliphatic rings. The molecule has 1 spiro atoms. The summed E-state index contributed by atoms with van der Waals surface area (Å²) in [7, 11) is 0. The number of carboxylic acids is 1. The highest BCUT2D eigenvalue weighted by Gasteiger charge is 2.52. The molecule has 7 heteroatoms. The molecule has 1 amide bonds. The predicted octanol–water partition coefficient (Wildman–Crippen LogP) is 0.738. The van der Waals surface area contributed by atoms with Gasteiger partial charge in [-0.1, -0.05) is 0 Å². The zero-order valence-corrected chi connectivity index (χ0v) is 12.5. The first-order valence-corrected chi connectivity index (χ1v) is 7.40. The number of carbonyl (C=O) groups excluding carboxylic acids is 1. The topological polar surface area (TPSA) is 92.6 Å². The minimum absolute atomic E-state index is 0.226. The Balaban J connectivity index is 1.82. The summed E-state index contributed by atoms with van der Waals surface area (Å²) in [6, 6.07) is 0. The van der Waals surface area contributed by atoms with Gasteiger partial charge in [0.05, 0.1) is 17.8 Å².